The number of hydrogen-bond donors (Lipinski definition) is 1. The Kier molecular flexibility index (Phi) is 3.65. The van der Waals surface area contributed by atoms with Crippen LogP contribution in [0, 0.1) is 11.7 Å². The molecule has 0 saturated heterocycles. The van der Waals surface area contributed by atoms with Crippen LogP contribution in [0.4, 0.5) is 23.2 Å². The maximum atomic E-state index is 13.3. The van der Waals surface area contributed by atoms with E-state index in [2.05, 4.69) is 5.32 Å². The molecule has 1 aliphatic carbocycles. The summed E-state index contributed by atoms with van der Waals surface area (Å²) in [5.74, 6) is -0.810. The Hall–Kier alpha value is -1.56. The minimum Gasteiger partial charge on any atom is -0.377 e. The molecule has 1 saturated carbocycles. The molecule has 0 spiro atoms. The van der Waals surface area contributed by atoms with Crippen molar-refractivity contribution in [2.75, 3.05) is 5.32 Å². The third-order valence-electron chi connectivity index (χ3n) is 3.54. The molecule has 21 heavy (non-hydrogen) atoms. The van der Waals surface area contributed by atoms with Crippen molar-refractivity contribution in [2.45, 2.75) is 25.1 Å². The first kappa shape index (κ1) is 14.4. The molecule has 3 rings (SSSR count). The van der Waals surface area contributed by atoms with E-state index in [-0.39, 0.29) is 6.04 Å². The van der Waals surface area contributed by atoms with E-state index in [1.165, 1.54) is 6.07 Å². The second-order valence-electron chi connectivity index (χ2n) is 5.17. The molecule has 6 heteroatoms. The van der Waals surface area contributed by atoms with Crippen molar-refractivity contribution in [1.29, 1.82) is 0 Å². The molecule has 1 atom stereocenters. The quantitative estimate of drug-likeness (QED) is 0.738. The van der Waals surface area contributed by atoms with Gasteiger partial charge in [-0.15, -0.1) is 11.3 Å². The second kappa shape index (κ2) is 5.33. The summed E-state index contributed by atoms with van der Waals surface area (Å²) < 4.78 is 51.5. The fraction of sp³-hybridized carbons (Fsp3) is 0.333. The molecular weight excluding hydrogens is 302 g/mol. The minimum atomic E-state index is -4.68. The van der Waals surface area contributed by atoms with Crippen LogP contribution in [0.5, 0.6) is 0 Å². The van der Waals surface area contributed by atoms with Crippen molar-refractivity contribution in [2.24, 2.45) is 5.92 Å². The summed E-state index contributed by atoms with van der Waals surface area (Å²) in [5.41, 5.74) is -0.928. The van der Waals surface area contributed by atoms with Crippen LogP contribution >= 0.6 is 11.3 Å². The van der Waals surface area contributed by atoms with Crippen LogP contribution in [0.25, 0.3) is 0 Å². The largest absolute Gasteiger partial charge is 0.419 e. The lowest BCUT2D eigenvalue weighted by Crippen LogP contribution is -2.13. The van der Waals surface area contributed by atoms with Gasteiger partial charge in [0.15, 0.2) is 0 Å². The second-order valence-corrected chi connectivity index (χ2v) is 6.15. The molecule has 2 aromatic rings. The topological polar surface area (TPSA) is 12.0 Å². The molecule has 1 fully saturated rings. The predicted molar refractivity (Wildman–Crippen MR) is 74.8 cm³/mol. The Morgan fingerprint density at radius 2 is 1.95 bits per heavy atom. The first-order valence-corrected chi connectivity index (χ1v) is 7.50. The highest BCUT2D eigenvalue weighted by atomic mass is 32.1. The Balaban J connectivity index is 1.87. The number of thiophene rings is 1. The van der Waals surface area contributed by atoms with Gasteiger partial charge in [0, 0.05) is 10.6 Å². The van der Waals surface area contributed by atoms with Crippen LogP contribution in [0.1, 0.15) is 29.3 Å². The molecule has 1 N–H and O–H groups in total. The van der Waals surface area contributed by atoms with Gasteiger partial charge in [-0.25, -0.2) is 4.39 Å². The summed E-state index contributed by atoms with van der Waals surface area (Å²) >= 11 is 1.57. The van der Waals surface area contributed by atoms with Gasteiger partial charge in [0.25, 0.3) is 0 Å². The first-order valence-electron chi connectivity index (χ1n) is 6.62. The monoisotopic (exact) mass is 315 g/mol. The van der Waals surface area contributed by atoms with E-state index in [9.17, 15) is 17.6 Å². The summed E-state index contributed by atoms with van der Waals surface area (Å²) in [7, 11) is 0. The van der Waals surface area contributed by atoms with Gasteiger partial charge in [0.1, 0.15) is 5.82 Å². The molecule has 0 radical (unpaired) electrons. The molecule has 1 aromatic carbocycles. The van der Waals surface area contributed by atoms with Gasteiger partial charge in [-0.3, -0.25) is 0 Å². The average molecular weight is 315 g/mol. The predicted octanol–water partition coefficient (Wildman–Crippen LogP) is 5.47. The van der Waals surface area contributed by atoms with Gasteiger partial charge in [-0.2, -0.15) is 13.2 Å². The molecule has 0 bridgehead atoms. The van der Waals surface area contributed by atoms with Crippen LogP contribution in [-0.2, 0) is 6.18 Å². The third kappa shape index (κ3) is 3.20. The van der Waals surface area contributed by atoms with E-state index in [0.717, 1.165) is 29.9 Å². The summed E-state index contributed by atoms with van der Waals surface area (Å²) in [6, 6.07) is 6.95. The van der Waals surface area contributed by atoms with Gasteiger partial charge in [-0.1, -0.05) is 6.07 Å². The molecular formula is C15H13F4NS. The summed E-state index contributed by atoms with van der Waals surface area (Å²) in [5, 5.41) is 5.07. The molecule has 1 unspecified atom stereocenters. The highest BCUT2D eigenvalue weighted by Crippen LogP contribution is 2.44. The number of rotatable bonds is 4. The molecule has 0 aliphatic heterocycles. The van der Waals surface area contributed by atoms with Crippen LogP contribution in [0.2, 0.25) is 0 Å². The van der Waals surface area contributed by atoms with Gasteiger partial charge < -0.3 is 5.32 Å². The average Bonchev–Trinajstić information content (AvgIpc) is 3.11. The Labute approximate surface area is 123 Å². The van der Waals surface area contributed by atoms with E-state index in [4.69, 9.17) is 0 Å². The van der Waals surface area contributed by atoms with Crippen molar-refractivity contribution >= 4 is 17.0 Å². The Morgan fingerprint density at radius 1 is 1.19 bits per heavy atom. The summed E-state index contributed by atoms with van der Waals surface area (Å²) in [6.45, 7) is 0. The lowest BCUT2D eigenvalue weighted by atomic mass is 10.1. The smallest absolute Gasteiger partial charge is 0.377 e. The Bertz CT molecular complexity index is 617. The van der Waals surface area contributed by atoms with Gasteiger partial charge in [0.05, 0.1) is 11.6 Å². The van der Waals surface area contributed by atoms with E-state index >= 15 is 0 Å². The normalized spacial score (nSPS) is 16.8. The molecule has 1 nitrogen and oxygen atoms in total. The molecule has 112 valence electrons. The van der Waals surface area contributed by atoms with Crippen LogP contribution in [0.3, 0.4) is 0 Å². The van der Waals surface area contributed by atoms with Gasteiger partial charge >= 0.3 is 6.18 Å². The highest BCUT2D eigenvalue weighted by molar-refractivity contribution is 7.10. The number of hydrogen-bond acceptors (Lipinski definition) is 2. The van der Waals surface area contributed by atoms with Crippen molar-refractivity contribution in [3.63, 3.8) is 0 Å². The van der Waals surface area contributed by atoms with Crippen LogP contribution in [-0.4, -0.2) is 0 Å². The molecule has 0 amide bonds. The fourth-order valence-electron chi connectivity index (χ4n) is 2.33. The van der Waals surface area contributed by atoms with E-state index in [0.29, 0.717) is 11.6 Å². The van der Waals surface area contributed by atoms with Crippen molar-refractivity contribution in [1.82, 2.24) is 0 Å². The first-order chi connectivity index (χ1) is 9.95. The summed E-state index contributed by atoms with van der Waals surface area (Å²) in [6.07, 6.45) is -2.56. The standard InChI is InChI=1S/C15H13F4NS/c16-12-6-5-10(8-11(12)15(17,18)19)20-14(9-3-4-9)13-2-1-7-21-13/h1-2,5-9,14,20H,3-4H2. The minimum absolute atomic E-state index is 0.00320. The number of halogens is 4. The van der Waals surface area contributed by atoms with Gasteiger partial charge in [0.2, 0.25) is 0 Å². The zero-order valence-electron chi connectivity index (χ0n) is 11.0. The van der Waals surface area contributed by atoms with Crippen molar-refractivity contribution in [3.8, 4) is 0 Å². The molecule has 1 aliphatic rings. The fourth-order valence-corrected chi connectivity index (χ4v) is 3.20. The number of nitrogens with one attached hydrogen (secondary N) is 1. The van der Waals surface area contributed by atoms with Crippen molar-refractivity contribution < 1.29 is 17.6 Å². The third-order valence-corrected chi connectivity index (χ3v) is 4.49. The number of benzene rings is 1. The Morgan fingerprint density at radius 3 is 2.52 bits per heavy atom. The zero-order chi connectivity index (χ0) is 15.0. The lowest BCUT2D eigenvalue weighted by Gasteiger charge is -2.19. The van der Waals surface area contributed by atoms with Crippen molar-refractivity contribution in [3.05, 3.63) is 52.0 Å². The SMILES string of the molecule is Fc1ccc(NC(c2cccs2)C2CC2)cc1C(F)(F)F. The van der Waals surface area contributed by atoms with Crippen LogP contribution in [0.15, 0.2) is 35.7 Å². The highest BCUT2D eigenvalue weighted by Gasteiger charge is 2.36. The lowest BCUT2D eigenvalue weighted by molar-refractivity contribution is -0.139. The van der Waals surface area contributed by atoms with E-state index in [1.807, 2.05) is 17.5 Å². The van der Waals surface area contributed by atoms with Crippen LogP contribution < -0.4 is 5.32 Å². The van der Waals surface area contributed by atoms with Gasteiger partial charge in [-0.05, 0) is 48.4 Å². The van der Waals surface area contributed by atoms with E-state index in [1.54, 1.807) is 11.3 Å². The van der Waals surface area contributed by atoms with E-state index < -0.39 is 17.6 Å². The number of alkyl halides is 3. The molecule has 1 aromatic heterocycles. The maximum Gasteiger partial charge on any atom is 0.419 e. The summed E-state index contributed by atoms with van der Waals surface area (Å²) in [4.78, 5) is 1.09. The number of anilines is 1. The zero-order valence-corrected chi connectivity index (χ0v) is 11.8. The molecule has 1 heterocycles. The maximum absolute atomic E-state index is 13.3.